The number of ether oxygens (including phenoxy) is 1. The molecule has 0 atom stereocenters. The molecule has 0 aliphatic heterocycles. The van der Waals surface area contributed by atoms with Crippen LogP contribution in [0.15, 0.2) is 24.3 Å². The maximum atomic E-state index is 5.64. The third kappa shape index (κ3) is 2.32. The van der Waals surface area contributed by atoms with Gasteiger partial charge in [0.25, 0.3) is 0 Å². The molecule has 0 unspecified atom stereocenters. The molecule has 0 bridgehead atoms. The molecule has 1 aliphatic rings. The molecule has 3 heteroatoms. The van der Waals surface area contributed by atoms with Crippen molar-refractivity contribution in [3.8, 4) is 5.75 Å². The fourth-order valence-electron chi connectivity index (χ4n) is 1.49. The minimum atomic E-state index is 0.779. The van der Waals surface area contributed by atoms with E-state index in [-0.39, 0.29) is 0 Å². The van der Waals surface area contributed by atoms with Crippen molar-refractivity contribution in [2.75, 3.05) is 11.4 Å². The van der Waals surface area contributed by atoms with E-state index in [1.165, 1.54) is 19.3 Å². The number of anilines is 1. The van der Waals surface area contributed by atoms with Crippen LogP contribution in [0.4, 0.5) is 5.69 Å². The van der Waals surface area contributed by atoms with E-state index in [1.807, 2.05) is 24.3 Å². The molecule has 0 spiro atoms. The summed E-state index contributed by atoms with van der Waals surface area (Å²) in [5.74, 6) is 1.70. The van der Waals surface area contributed by atoms with Crippen molar-refractivity contribution in [1.82, 2.24) is 0 Å². The van der Waals surface area contributed by atoms with Crippen molar-refractivity contribution in [3.63, 3.8) is 0 Å². The van der Waals surface area contributed by atoms with Crippen LogP contribution in [0.2, 0.25) is 0 Å². The number of halogens is 1. The molecular weight excluding hydrogens is 198 g/mol. The summed E-state index contributed by atoms with van der Waals surface area (Å²) in [7, 11) is 0. The monoisotopic (exact) mass is 211 g/mol. The van der Waals surface area contributed by atoms with Crippen LogP contribution < -0.4 is 9.57 Å². The number of rotatable bonds is 4. The van der Waals surface area contributed by atoms with E-state index >= 15 is 0 Å². The first-order valence-electron chi connectivity index (χ1n) is 4.98. The average Bonchev–Trinajstić information content (AvgIpc) is 2.16. The minimum Gasteiger partial charge on any atom is -0.493 e. The number of nitrogens with one attached hydrogen (secondary N) is 1. The Hall–Kier alpha value is -0.890. The van der Waals surface area contributed by atoms with Gasteiger partial charge in [0.15, 0.2) is 0 Å². The number of hydrogen-bond acceptors (Lipinski definition) is 2. The first-order valence-corrected chi connectivity index (χ1v) is 5.36. The summed E-state index contributed by atoms with van der Waals surface area (Å²) >= 11 is 5.45. The van der Waals surface area contributed by atoms with Gasteiger partial charge >= 0.3 is 0 Å². The Morgan fingerprint density at radius 2 is 2.00 bits per heavy atom. The molecule has 0 saturated heterocycles. The van der Waals surface area contributed by atoms with Gasteiger partial charge in [-0.2, -0.15) is 0 Å². The third-order valence-corrected chi connectivity index (χ3v) is 2.89. The number of benzene rings is 1. The van der Waals surface area contributed by atoms with Crippen molar-refractivity contribution in [2.24, 2.45) is 5.92 Å². The molecule has 0 radical (unpaired) electrons. The Morgan fingerprint density at radius 3 is 2.50 bits per heavy atom. The molecule has 14 heavy (non-hydrogen) atoms. The highest BCUT2D eigenvalue weighted by Gasteiger charge is 2.17. The Labute approximate surface area is 89.3 Å². The second-order valence-electron chi connectivity index (χ2n) is 3.73. The molecule has 2 nitrogen and oxygen atoms in total. The molecule has 1 aromatic rings. The molecule has 1 saturated carbocycles. The summed E-state index contributed by atoms with van der Waals surface area (Å²) in [4.78, 5) is 2.56. The van der Waals surface area contributed by atoms with Crippen molar-refractivity contribution in [2.45, 2.75) is 19.3 Å². The van der Waals surface area contributed by atoms with E-state index in [0.717, 1.165) is 24.0 Å². The van der Waals surface area contributed by atoms with Gasteiger partial charge < -0.3 is 4.74 Å². The largest absolute Gasteiger partial charge is 0.493 e. The first-order chi connectivity index (χ1) is 6.88. The smallest absolute Gasteiger partial charge is 0.119 e. The minimum absolute atomic E-state index is 0.779. The van der Waals surface area contributed by atoms with Gasteiger partial charge in [-0.25, -0.2) is 0 Å². The highest BCUT2D eigenvalue weighted by molar-refractivity contribution is 6.23. The average molecular weight is 212 g/mol. The van der Waals surface area contributed by atoms with E-state index in [1.54, 1.807) is 0 Å². The lowest BCUT2D eigenvalue weighted by molar-refractivity contribution is 0.180. The summed E-state index contributed by atoms with van der Waals surface area (Å²) in [6.07, 6.45) is 4.01. The van der Waals surface area contributed by atoms with Gasteiger partial charge in [0.1, 0.15) is 5.75 Å². The summed E-state index contributed by atoms with van der Waals surface area (Å²) in [6, 6.07) is 7.68. The highest BCUT2D eigenvalue weighted by Crippen LogP contribution is 2.27. The van der Waals surface area contributed by atoms with Crippen LogP contribution in [-0.4, -0.2) is 6.61 Å². The quantitative estimate of drug-likeness (QED) is 0.771. The van der Waals surface area contributed by atoms with Crippen molar-refractivity contribution < 1.29 is 4.74 Å². The van der Waals surface area contributed by atoms with Gasteiger partial charge in [0.2, 0.25) is 0 Å². The predicted octanol–water partition coefficient (Wildman–Crippen LogP) is 3.43. The lowest BCUT2D eigenvalue weighted by Gasteiger charge is -2.25. The van der Waals surface area contributed by atoms with Crippen LogP contribution in [-0.2, 0) is 0 Å². The molecule has 0 amide bonds. The molecule has 76 valence electrons. The van der Waals surface area contributed by atoms with Gasteiger partial charge in [0.05, 0.1) is 6.61 Å². The Kier molecular flexibility index (Phi) is 3.14. The van der Waals surface area contributed by atoms with Crippen molar-refractivity contribution in [1.29, 1.82) is 0 Å². The van der Waals surface area contributed by atoms with Gasteiger partial charge in [-0.15, -0.1) is 0 Å². The van der Waals surface area contributed by atoms with E-state index < -0.39 is 0 Å². The zero-order valence-corrected chi connectivity index (χ0v) is 8.76. The van der Waals surface area contributed by atoms with Crippen LogP contribution in [0.3, 0.4) is 0 Å². The lowest BCUT2D eigenvalue weighted by Crippen LogP contribution is -2.19. The van der Waals surface area contributed by atoms with Crippen LogP contribution in [0.5, 0.6) is 5.75 Å². The highest BCUT2D eigenvalue weighted by atomic mass is 35.5. The maximum absolute atomic E-state index is 5.64. The van der Waals surface area contributed by atoms with Crippen LogP contribution in [0.25, 0.3) is 0 Å². The molecule has 1 aliphatic carbocycles. The zero-order chi connectivity index (χ0) is 9.80. The SMILES string of the molecule is ClNc1ccc(OCC2CCC2)cc1. The second-order valence-corrected chi connectivity index (χ2v) is 3.92. The standard InChI is InChI=1S/C11H14ClNO/c12-13-10-4-6-11(7-5-10)14-8-9-2-1-3-9/h4-7,9,13H,1-3,8H2. The van der Waals surface area contributed by atoms with E-state index in [4.69, 9.17) is 16.5 Å². The number of hydrogen-bond donors (Lipinski definition) is 1. The van der Waals surface area contributed by atoms with Crippen LogP contribution >= 0.6 is 11.8 Å². The van der Waals surface area contributed by atoms with Gasteiger partial charge in [-0.3, -0.25) is 4.84 Å². The first kappa shape index (κ1) is 9.66. The van der Waals surface area contributed by atoms with Gasteiger partial charge in [-0.1, -0.05) is 6.42 Å². The topological polar surface area (TPSA) is 21.3 Å². The molecular formula is C11H14ClNO. The fraction of sp³-hybridized carbons (Fsp3) is 0.455. The van der Waals surface area contributed by atoms with E-state index in [2.05, 4.69) is 4.84 Å². The van der Waals surface area contributed by atoms with E-state index in [9.17, 15) is 0 Å². The molecule has 1 aromatic carbocycles. The Balaban J connectivity index is 1.83. The molecule has 1 fully saturated rings. The summed E-state index contributed by atoms with van der Waals surface area (Å²) in [5.41, 5.74) is 0.891. The molecule has 0 heterocycles. The molecule has 0 aromatic heterocycles. The Bertz CT molecular complexity index is 282. The van der Waals surface area contributed by atoms with Gasteiger partial charge in [-0.05, 0) is 43.0 Å². The summed E-state index contributed by atoms with van der Waals surface area (Å²) in [6.45, 7) is 0.855. The summed E-state index contributed by atoms with van der Waals surface area (Å²) < 4.78 is 5.64. The van der Waals surface area contributed by atoms with Gasteiger partial charge in [0, 0.05) is 17.5 Å². The maximum Gasteiger partial charge on any atom is 0.119 e. The lowest BCUT2D eigenvalue weighted by atomic mass is 9.86. The third-order valence-electron chi connectivity index (χ3n) is 2.67. The summed E-state index contributed by atoms with van der Waals surface area (Å²) in [5, 5.41) is 0. The second kappa shape index (κ2) is 4.56. The van der Waals surface area contributed by atoms with Crippen molar-refractivity contribution >= 4 is 17.5 Å². The Morgan fingerprint density at radius 1 is 1.29 bits per heavy atom. The molecule has 1 N–H and O–H groups in total. The zero-order valence-electron chi connectivity index (χ0n) is 8.00. The predicted molar refractivity (Wildman–Crippen MR) is 58.8 cm³/mol. The van der Waals surface area contributed by atoms with Crippen LogP contribution in [0, 0.1) is 5.92 Å². The fourth-order valence-corrected chi connectivity index (χ4v) is 1.61. The molecule has 2 rings (SSSR count). The van der Waals surface area contributed by atoms with E-state index in [0.29, 0.717) is 0 Å². The van der Waals surface area contributed by atoms with Crippen molar-refractivity contribution in [3.05, 3.63) is 24.3 Å². The normalized spacial score (nSPS) is 16.1. The van der Waals surface area contributed by atoms with Crippen LogP contribution in [0.1, 0.15) is 19.3 Å².